The molecule has 1 aromatic heterocycles. The van der Waals surface area contributed by atoms with Crippen molar-refractivity contribution in [3.63, 3.8) is 0 Å². The van der Waals surface area contributed by atoms with Crippen molar-refractivity contribution in [2.75, 3.05) is 19.1 Å². The summed E-state index contributed by atoms with van der Waals surface area (Å²) in [6.45, 7) is 0. The first-order valence-corrected chi connectivity index (χ1v) is 8.09. The molecule has 2 aromatic rings. The average molecular weight is 326 g/mol. The lowest BCUT2D eigenvalue weighted by Gasteiger charge is -2.30. The number of rotatable bonds is 6. The van der Waals surface area contributed by atoms with Crippen molar-refractivity contribution in [3.8, 4) is 5.88 Å². The highest BCUT2D eigenvalue weighted by molar-refractivity contribution is 5.93. The van der Waals surface area contributed by atoms with Gasteiger partial charge in [-0.1, -0.05) is 30.3 Å². The van der Waals surface area contributed by atoms with Gasteiger partial charge in [-0.3, -0.25) is 4.79 Å². The highest BCUT2D eigenvalue weighted by Crippen LogP contribution is 2.48. The number of benzene rings is 1. The molecule has 0 aliphatic heterocycles. The normalized spacial score (nSPS) is 16.3. The van der Waals surface area contributed by atoms with Crippen molar-refractivity contribution in [2.24, 2.45) is 5.92 Å². The lowest BCUT2D eigenvalue weighted by atomic mass is 9.85. The summed E-state index contributed by atoms with van der Waals surface area (Å²) in [7, 11) is 3.25. The molecule has 3 rings (SSSR count). The number of carbonyl (C=O) groups excluding carboxylic acids is 1. The zero-order valence-corrected chi connectivity index (χ0v) is 14.0. The standard InChI is InChI=1S/C19H22N2O3/c1-21(16-10-11-17(24-2)20-13-16)18(22)12-19(23,15-8-9-15)14-6-4-3-5-7-14/h3-7,10-11,13,15,23H,8-9,12H2,1-2H3. The van der Waals surface area contributed by atoms with Crippen molar-refractivity contribution in [1.82, 2.24) is 4.98 Å². The predicted octanol–water partition coefficient (Wildman–Crippen LogP) is 2.74. The first kappa shape index (κ1) is 16.5. The molecule has 24 heavy (non-hydrogen) atoms. The molecule has 1 aromatic carbocycles. The highest BCUT2D eigenvalue weighted by Gasteiger charge is 2.46. The molecule has 1 fully saturated rings. The Morgan fingerprint density at radius 1 is 1.29 bits per heavy atom. The van der Waals surface area contributed by atoms with E-state index in [2.05, 4.69) is 4.98 Å². The number of ether oxygens (including phenoxy) is 1. The lowest BCUT2D eigenvalue weighted by molar-refractivity contribution is -0.124. The maximum atomic E-state index is 12.7. The SMILES string of the molecule is COc1ccc(N(C)C(=O)CC(O)(c2ccccc2)C2CC2)cn1. The first-order chi connectivity index (χ1) is 11.5. The van der Waals surface area contributed by atoms with Crippen LogP contribution >= 0.6 is 0 Å². The molecule has 1 aliphatic rings. The Kier molecular flexibility index (Phi) is 4.53. The molecule has 1 amide bonds. The van der Waals surface area contributed by atoms with Crippen LogP contribution in [0.4, 0.5) is 5.69 Å². The van der Waals surface area contributed by atoms with Gasteiger partial charge >= 0.3 is 0 Å². The van der Waals surface area contributed by atoms with E-state index in [4.69, 9.17) is 4.74 Å². The molecule has 1 unspecified atom stereocenters. The topological polar surface area (TPSA) is 62.7 Å². The van der Waals surface area contributed by atoms with Crippen LogP contribution in [0.3, 0.4) is 0 Å². The van der Waals surface area contributed by atoms with Gasteiger partial charge in [-0.15, -0.1) is 0 Å². The lowest BCUT2D eigenvalue weighted by Crippen LogP contribution is -2.37. The second-order valence-electron chi connectivity index (χ2n) is 6.25. The second kappa shape index (κ2) is 6.61. The Hall–Kier alpha value is -2.40. The summed E-state index contributed by atoms with van der Waals surface area (Å²) in [6.07, 6.45) is 3.55. The first-order valence-electron chi connectivity index (χ1n) is 8.09. The minimum Gasteiger partial charge on any atom is -0.481 e. The van der Waals surface area contributed by atoms with Gasteiger partial charge in [-0.05, 0) is 30.4 Å². The van der Waals surface area contributed by atoms with Crippen molar-refractivity contribution >= 4 is 11.6 Å². The Labute approximate surface area is 141 Å². The number of hydrogen-bond acceptors (Lipinski definition) is 4. The fourth-order valence-corrected chi connectivity index (χ4v) is 2.95. The zero-order valence-electron chi connectivity index (χ0n) is 14.0. The van der Waals surface area contributed by atoms with Gasteiger partial charge in [0, 0.05) is 13.1 Å². The Bertz CT molecular complexity index is 698. The smallest absolute Gasteiger partial charge is 0.230 e. The summed E-state index contributed by atoms with van der Waals surface area (Å²) < 4.78 is 5.03. The second-order valence-corrected chi connectivity index (χ2v) is 6.25. The van der Waals surface area contributed by atoms with Crippen LogP contribution in [0, 0.1) is 5.92 Å². The minimum absolute atomic E-state index is 0.0597. The summed E-state index contributed by atoms with van der Waals surface area (Å²) in [4.78, 5) is 18.4. The van der Waals surface area contributed by atoms with Gasteiger partial charge in [0.05, 0.1) is 25.4 Å². The third-order valence-corrected chi connectivity index (χ3v) is 4.64. The monoisotopic (exact) mass is 326 g/mol. The molecule has 5 nitrogen and oxygen atoms in total. The van der Waals surface area contributed by atoms with Gasteiger partial charge in [-0.25, -0.2) is 4.98 Å². The molecular weight excluding hydrogens is 304 g/mol. The van der Waals surface area contributed by atoms with Crippen LogP contribution in [-0.2, 0) is 10.4 Å². The summed E-state index contributed by atoms with van der Waals surface area (Å²) in [5, 5.41) is 11.2. The molecule has 0 radical (unpaired) electrons. The van der Waals surface area contributed by atoms with E-state index in [0.717, 1.165) is 18.4 Å². The largest absolute Gasteiger partial charge is 0.481 e. The van der Waals surface area contributed by atoms with Crippen molar-refractivity contribution in [3.05, 3.63) is 54.2 Å². The fourth-order valence-electron chi connectivity index (χ4n) is 2.95. The number of carbonyl (C=O) groups is 1. The van der Waals surface area contributed by atoms with Crippen LogP contribution in [0.25, 0.3) is 0 Å². The molecule has 126 valence electrons. The minimum atomic E-state index is -1.10. The summed E-state index contributed by atoms with van der Waals surface area (Å²) in [5.74, 6) is 0.504. The van der Waals surface area contributed by atoms with Gasteiger partial charge in [-0.2, -0.15) is 0 Å². The van der Waals surface area contributed by atoms with E-state index in [9.17, 15) is 9.90 Å². The maximum absolute atomic E-state index is 12.7. The van der Waals surface area contributed by atoms with Gasteiger partial charge < -0.3 is 14.7 Å². The highest BCUT2D eigenvalue weighted by atomic mass is 16.5. The number of pyridine rings is 1. The van der Waals surface area contributed by atoms with E-state index in [1.807, 2.05) is 30.3 Å². The summed E-state index contributed by atoms with van der Waals surface area (Å²) in [5.41, 5.74) is 0.376. The number of methoxy groups -OCH3 is 1. The number of aromatic nitrogens is 1. The Morgan fingerprint density at radius 3 is 2.54 bits per heavy atom. The van der Waals surface area contributed by atoms with Crippen LogP contribution < -0.4 is 9.64 Å². The van der Waals surface area contributed by atoms with E-state index in [1.165, 1.54) is 4.90 Å². The Morgan fingerprint density at radius 2 is 2.00 bits per heavy atom. The molecule has 0 bridgehead atoms. The van der Waals surface area contributed by atoms with E-state index in [0.29, 0.717) is 11.6 Å². The van der Waals surface area contributed by atoms with Crippen molar-refractivity contribution in [1.29, 1.82) is 0 Å². The molecule has 1 heterocycles. The molecule has 5 heteroatoms. The van der Waals surface area contributed by atoms with Crippen LogP contribution in [0.1, 0.15) is 24.8 Å². The quantitative estimate of drug-likeness (QED) is 0.886. The predicted molar refractivity (Wildman–Crippen MR) is 91.9 cm³/mol. The third kappa shape index (κ3) is 3.26. The average Bonchev–Trinajstić information content (AvgIpc) is 3.47. The number of amides is 1. The number of anilines is 1. The van der Waals surface area contributed by atoms with Crippen LogP contribution in [0.15, 0.2) is 48.7 Å². The molecule has 1 N–H and O–H groups in total. The zero-order chi connectivity index (χ0) is 17.2. The summed E-state index contributed by atoms with van der Waals surface area (Å²) >= 11 is 0. The van der Waals surface area contributed by atoms with E-state index in [-0.39, 0.29) is 18.2 Å². The van der Waals surface area contributed by atoms with Crippen LogP contribution in [0.5, 0.6) is 5.88 Å². The van der Waals surface area contributed by atoms with E-state index >= 15 is 0 Å². The van der Waals surface area contributed by atoms with E-state index < -0.39 is 5.60 Å². The van der Waals surface area contributed by atoms with Crippen LogP contribution in [-0.4, -0.2) is 30.2 Å². The number of nitrogens with zero attached hydrogens (tertiary/aromatic N) is 2. The van der Waals surface area contributed by atoms with Gasteiger partial charge in [0.1, 0.15) is 5.60 Å². The molecule has 0 spiro atoms. The molecule has 1 saturated carbocycles. The van der Waals surface area contributed by atoms with Gasteiger partial charge in [0.15, 0.2) is 0 Å². The maximum Gasteiger partial charge on any atom is 0.230 e. The molecule has 1 atom stereocenters. The molecule has 1 aliphatic carbocycles. The molecular formula is C19H22N2O3. The van der Waals surface area contributed by atoms with Crippen LogP contribution in [0.2, 0.25) is 0 Å². The Balaban J connectivity index is 1.78. The number of aliphatic hydroxyl groups is 1. The van der Waals surface area contributed by atoms with Crippen molar-refractivity contribution in [2.45, 2.75) is 24.9 Å². The fraction of sp³-hybridized carbons (Fsp3) is 0.368. The van der Waals surface area contributed by atoms with Crippen molar-refractivity contribution < 1.29 is 14.6 Å². The molecule has 0 saturated heterocycles. The van der Waals surface area contributed by atoms with E-state index in [1.54, 1.807) is 32.5 Å². The summed E-state index contributed by atoms with van der Waals surface area (Å²) in [6, 6.07) is 13.0. The van der Waals surface area contributed by atoms with Gasteiger partial charge in [0.2, 0.25) is 11.8 Å². The van der Waals surface area contributed by atoms with Gasteiger partial charge in [0.25, 0.3) is 0 Å². The number of hydrogen-bond donors (Lipinski definition) is 1. The third-order valence-electron chi connectivity index (χ3n) is 4.64.